The summed E-state index contributed by atoms with van der Waals surface area (Å²) in [6.45, 7) is 4.46. The van der Waals surface area contributed by atoms with Crippen LogP contribution in [0.1, 0.15) is 49.3 Å². The number of fused-ring (bicyclic) bond motifs is 3. The van der Waals surface area contributed by atoms with Gasteiger partial charge in [-0.3, -0.25) is 4.90 Å². The van der Waals surface area contributed by atoms with Gasteiger partial charge in [0.25, 0.3) is 0 Å². The van der Waals surface area contributed by atoms with E-state index in [2.05, 4.69) is 24.3 Å². The largest absolute Gasteiger partial charge is 0.453 e. The number of esters is 1. The number of benzene rings is 3. The van der Waals surface area contributed by atoms with Gasteiger partial charge in [0.15, 0.2) is 0 Å². The molecule has 0 aromatic heterocycles. The van der Waals surface area contributed by atoms with Crippen molar-refractivity contribution in [1.82, 2.24) is 4.90 Å². The van der Waals surface area contributed by atoms with E-state index in [9.17, 15) is 9.59 Å². The zero-order valence-corrected chi connectivity index (χ0v) is 19.6. The van der Waals surface area contributed by atoms with Crippen molar-refractivity contribution >= 4 is 12.1 Å². The topological polar surface area (TPSA) is 55.8 Å². The molecule has 1 saturated heterocycles. The first-order valence-corrected chi connectivity index (χ1v) is 11.9. The first-order chi connectivity index (χ1) is 16.5. The molecule has 3 aromatic rings. The standard InChI is InChI=1S/C29H29NO4/c1-29(2,20-11-4-3-5-12-20)34-27(31)26-17-10-18-30(26)28(32)33-19-25-23-15-8-6-13-21(23)22-14-7-9-16-24(22)25/h3-9,11-16,25-26H,10,17-19H2,1-2H3/t26-/m0/s1. The van der Waals surface area contributed by atoms with E-state index in [0.717, 1.165) is 12.0 Å². The van der Waals surface area contributed by atoms with Crippen LogP contribution >= 0.6 is 0 Å². The van der Waals surface area contributed by atoms with Gasteiger partial charge in [0.05, 0.1) is 0 Å². The highest BCUT2D eigenvalue weighted by atomic mass is 16.6. The second kappa shape index (κ2) is 8.98. The molecule has 0 saturated carbocycles. The summed E-state index contributed by atoms with van der Waals surface area (Å²) in [5.41, 5.74) is 4.83. The molecule has 2 aliphatic rings. The molecule has 5 nitrogen and oxygen atoms in total. The third-order valence-electron chi connectivity index (χ3n) is 6.92. The van der Waals surface area contributed by atoms with Crippen molar-refractivity contribution in [3.63, 3.8) is 0 Å². The SMILES string of the molecule is CC(C)(OC(=O)[C@@H]1CCCN1C(=O)OCC1c2ccccc2-c2ccccc21)c1ccccc1. The fourth-order valence-corrected chi connectivity index (χ4v) is 5.13. The summed E-state index contributed by atoms with van der Waals surface area (Å²) >= 11 is 0. The maximum Gasteiger partial charge on any atom is 0.410 e. The number of ether oxygens (including phenoxy) is 2. The van der Waals surface area contributed by atoms with Gasteiger partial charge >= 0.3 is 12.1 Å². The van der Waals surface area contributed by atoms with E-state index in [4.69, 9.17) is 9.47 Å². The third-order valence-corrected chi connectivity index (χ3v) is 6.92. The van der Waals surface area contributed by atoms with Crippen molar-refractivity contribution in [1.29, 1.82) is 0 Å². The second-order valence-corrected chi connectivity index (χ2v) is 9.45. The fourth-order valence-electron chi connectivity index (χ4n) is 5.13. The van der Waals surface area contributed by atoms with Gasteiger partial charge in [-0.25, -0.2) is 9.59 Å². The summed E-state index contributed by atoms with van der Waals surface area (Å²) in [6, 6.07) is 25.5. The Bertz CT molecular complexity index is 1160. The highest BCUT2D eigenvalue weighted by Crippen LogP contribution is 2.44. The molecule has 1 amide bonds. The number of carbonyl (C=O) groups excluding carboxylic acids is 2. The van der Waals surface area contributed by atoms with Crippen LogP contribution in [-0.2, 0) is 19.9 Å². The number of hydrogen-bond donors (Lipinski definition) is 0. The highest BCUT2D eigenvalue weighted by molar-refractivity contribution is 5.83. The zero-order valence-electron chi connectivity index (χ0n) is 19.6. The maximum atomic E-state index is 13.1. The third kappa shape index (κ3) is 4.07. The molecule has 1 atom stereocenters. The average Bonchev–Trinajstić information content (AvgIpc) is 3.47. The van der Waals surface area contributed by atoms with Gasteiger partial charge in [0.1, 0.15) is 18.2 Å². The van der Waals surface area contributed by atoms with Crippen molar-refractivity contribution in [2.45, 2.75) is 44.2 Å². The number of nitrogens with zero attached hydrogens (tertiary/aromatic N) is 1. The van der Waals surface area contributed by atoms with Crippen molar-refractivity contribution in [2.75, 3.05) is 13.2 Å². The number of amides is 1. The van der Waals surface area contributed by atoms with Gasteiger partial charge in [0, 0.05) is 12.5 Å². The van der Waals surface area contributed by atoms with Crippen molar-refractivity contribution in [3.8, 4) is 11.1 Å². The van der Waals surface area contributed by atoms with Crippen LogP contribution in [0.5, 0.6) is 0 Å². The lowest BCUT2D eigenvalue weighted by molar-refractivity contribution is -0.162. The first-order valence-electron chi connectivity index (χ1n) is 11.9. The van der Waals surface area contributed by atoms with Crippen LogP contribution in [0, 0.1) is 0 Å². The molecule has 1 heterocycles. The minimum absolute atomic E-state index is 0.0126. The van der Waals surface area contributed by atoms with Crippen LogP contribution in [0.25, 0.3) is 11.1 Å². The van der Waals surface area contributed by atoms with E-state index in [-0.39, 0.29) is 18.5 Å². The Hall–Kier alpha value is -3.60. The Morgan fingerprint density at radius 3 is 2.12 bits per heavy atom. The van der Waals surface area contributed by atoms with Crippen molar-refractivity contribution in [2.24, 2.45) is 0 Å². The molecule has 34 heavy (non-hydrogen) atoms. The molecule has 0 N–H and O–H groups in total. The highest BCUT2D eigenvalue weighted by Gasteiger charge is 2.39. The van der Waals surface area contributed by atoms with Gasteiger partial charge in [-0.05, 0) is 54.5 Å². The lowest BCUT2D eigenvalue weighted by Gasteiger charge is -2.30. The lowest BCUT2D eigenvalue weighted by atomic mass is 9.98. The molecule has 174 valence electrons. The molecule has 0 bridgehead atoms. The summed E-state index contributed by atoms with van der Waals surface area (Å²) in [5, 5.41) is 0. The summed E-state index contributed by atoms with van der Waals surface area (Å²) in [5.74, 6) is -0.402. The minimum Gasteiger partial charge on any atom is -0.453 e. The molecule has 1 fully saturated rings. The van der Waals surface area contributed by atoms with Gasteiger partial charge in [-0.2, -0.15) is 0 Å². The second-order valence-electron chi connectivity index (χ2n) is 9.45. The molecule has 1 aliphatic heterocycles. The molecule has 0 spiro atoms. The van der Waals surface area contributed by atoms with Gasteiger partial charge in [-0.1, -0.05) is 78.9 Å². The normalized spacial score (nSPS) is 17.2. The van der Waals surface area contributed by atoms with Crippen molar-refractivity contribution < 1.29 is 19.1 Å². The van der Waals surface area contributed by atoms with Gasteiger partial charge in [-0.15, -0.1) is 0 Å². The molecule has 1 aliphatic carbocycles. The van der Waals surface area contributed by atoms with Crippen LogP contribution in [-0.4, -0.2) is 36.2 Å². The number of likely N-dealkylation sites (tertiary alicyclic amines) is 1. The van der Waals surface area contributed by atoms with Gasteiger partial charge in [0.2, 0.25) is 0 Å². The summed E-state index contributed by atoms with van der Waals surface area (Å²) in [7, 11) is 0. The smallest absolute Gasteiger partial charge is 0.410 e. The Balaban J connectivity index is 1.27. The van der Waals surface area contributed by atoms with E-state index in [1.54, 1.807) is 0 Å². The molecule has 5 rings (SSSR count). The summed E-state index contributed by atoms with van der Waals surface area (Å²) in [6.07, 6.45) is 0.864. The van der Waals surface area contributed by atoms with Crippen molar-refractivity contribution in [3.05, 3.63) is 95.6 Å². The molecule has 3 aromatic carbocycles. The van der Waals surface area contributed by atoms with E-state index in [1.807, 2.05) is 68.4 Å². The van der Waals surface area contributed by atoms with E-state index < -0.39 is 17.7 Å². The number of hydrogen-bond acceptors (Lipinski definition) is 4. The van der Waals surface area contributed by atoms with Crippen LogP contribution < -0.4 is 0 Å². The molecular formula is C29H29NO4. The maximum absolute atomic E-state index is 13.1. The molecule has 5 heteroatoms. The predicted molar refractivity (Wildman–Crippen MR) is 130 cm³/mol. The van der Waals surface area contributed by atoms with Gasteiger partial charge < -0.3 is 9.47 Å². The average molecular weight is 456 g/mol. The number of carbonyl (C=O) groups is 2. The predicted octanol–water partition coefficient (Wildman–Crippen LogP) is 5.88. The Kier molecular flexibility index (Phi) is 5.86. The van der Waals surface area contributed by atoms with E-state index >= 15 is 0 Å². The zero-order chi connectivity index (χ0) is 23.7. The van der Waals surface area contributed by atoms with E-state index in [1.165, 1.54) is 27.2 Å². The van der Waals surface area contributed by atoms with Crippen LogP contribution in [0.15, 0.2) is 78.9 Å². The van der Waals surface area contributed by atoms with Crippen LogP contribution in [0.3, 0.4) is 0 Å². The van der Waals surface area contributed by atoms with E-state index in [0.29, 0.717) is 13.0 Å². The molecule has 0 radical (unpaired) electrons. The fraction of sp³-hybridized carbons (Fsp3) is 0.310. The lowest BCUT2D eigenvalue weighted by Crippen LogP contribution is -2.44. The van der Waals surface area contributed by atoms with Crippen LogP contribution in [0.2, 0.25) is 0 Å². The number of rotatable bonds is 5. The Morgan fingerprint density at radius 2 is 1.47 bits per heavy atom. The Morgan fingerprint density at radius 1 is 0.882 bits per heavy atom. The summed E-state index contributed by atoms with van der Waals surface area (Å²) in [4.78, 5) is 27.7. The van der Waals surface area contributed by atoms with Crippen LogP contribution in [0.4, 0.5) is 4.79 Å². The monoisotopic (exact) mass is 455 g/mol. The quantitative estimate of drug-likeness (QED) is 0.451. The first kappa shape index (κ1) is 22.2. The molecule has 0 unspecified atom stereocenters. The summed E-state index contributed by atoms with van der Waals surface area (Å²) < 4.78 is 11.7. The molecular weight excluding hydrogens is 426 g/mol. The Labute approximate surface area is 200 Å². The minimum atomic E-state index is -0.784.